The van der Waals surface area contributed by atoms with Crippen LogP contribution in [0.4, 0.5) is 11.4 Å². The largest absolute Gasteiger partial charge is 0.369 e. The number of anilines is 2. The van der Waals surface area contributed by atoms with Crippen LogP contribution in [0.1, 0.15) is 30.2 Å². The SMILES string of the molecule is CCN1CCN(c2ccc(NC(=O)C3CCCN(S(=O)(=O)c4ccc(C)s4)C3)cc2C)CC1. The van der Waals surface area contributed by atoms with Gasteiger partial charge in [-0.2, -0.15) is 4.31 Å². The number of piperidine rings is 1. The number of amides is 1. The zero-order chi connectivity index (χ0) is 23.6. The van der Waals surface area contributed by atoms with E-state index < -0.39 is 10.0 Å². The molecule has 2 saturated heterocycles. The summed E-state index contributed by atoms with van der Waals surface area (Å²) in [7, 11) is -3.55. The lowest BCUT2D eigenvalue weighted by Gasteiger charge is -2.36. The molecule has 0 spiro atoms. The van der Waals surface area contributed by atoms with E-state index in [2.05, 4.69) is 35.0 Å². The molecule has 1 atom stereocenters. The summed E-state index contributed by atoms with van der Waals surface area (Å²) in [5.74, 6) is -0.461. The zero-order valence-corrected chi connectivity index (χ0v) is 21.3. The molecule has 1 amide bonds. The first-order valence-corrected chi connectivity index (χ1v) is 14.0. The van der Waals surface area contributed by atoms with Gasteiger partial charge in [-0.3, -0.25) is 4.79 Å². The van der Waals surface area contributed by atoms with Gasteiger partial charge in [-0.1, -0.05) is 6.92 Å². The fraction of sp³-hybridized carbons (Fsp3) is 0.542. The second-order valence-electron chi connectivity index (χ2n) is 8.98. The van der Waals surface area contributed by atoms with Gasteiger partial charge in [0.2, 0.25) is 5.91 Å². The number of nitrogens with zero attached hydrogens (tertiary/aromatic N) is 3. The van der Waals surface area contributed by atoms with E-state index in [9.17, 15) is 13.2 Å². The fourth-order valence-corrected chi connectivity index (χ4v) is 7.65. The molecule has 3 heterocycles. The summed E-state index contributed by atoms with van der Waals surface area (Å²) >= 11 is 1.28. The highest BCUT2D eigenvalue weighted by Gasteiger charge is 2.34. The van der Waals surface area contributed by atoms with Gasteiger partial charge in [0.1, 0.15) is 4.21 Å². The Morgan fingerprint density at radius 2 is 1.85 bits per heavy atom. The number of hydrogen-bond donors (Lipinski definition) is 1. The van der Waals surface area contributed by atoms with Crippen molar-refractivity contribution in [2.45, 2.75) is 37.8 Å². The molecule has 2 aliphatic rings. The number of nitrogens with one attached hydrogen (secondary N) is 1. The van der Waals surface area contributed by atoms with Crippen LogP contribution in [0.5, 0.6) is 0 Å². The minimum absolute atomic E-state index is 0.110. The third kappa shape index (κ3) is 5.42. The number of thiophene rings is 1. The van der Waals surface area contributed by atoms with Crippen molar-refractivity contribution in [3.8, 4) is 0 Å². The third-order valence-electron chi connectivity index (χ3n) is 6.69. The number of aryl methyl sites for hydroxylation is 2. The van der Waals surface area contributed by atoms with Gasteiger partial charge in [0.15, 0.2) is 0 Å². The van der Waals surface area contributed by atoms with Gasteiger partial charge < -0.3 is 15.1 Å². The van der Waals surface area contributed by atoms with Crippen LogP contribution in [-0.2, 0) is 14.8 Å². The van der Waals surface area contributed by atoms with Crippen molar-refractivity contribution in [1.29, 1.82) is 0 Å². The van der Waals surface area contributed by atoms with E-state index >= 15 is 0 Å². The maximum Gasteiger partial charge on any atom is 0.252 e. The maximum absolute atomic E-state index is 13.0. The summed E-state index contributed by atoms with van der Waals surface area (Å²) < 4.78 is 27.8. The Labute approximate surface area is 201 Å². The lowest BCUT2D eigenvalue weighted by Crippen LogP contribution is -2.46. The molecule has 1 aromatic carbocycles. The fourth-order valence-electron chi connectivity index (χ4n) is 4.69. The van der Waals surface area contributed by atoms with Crippen LogP contribution >= 0.6 is 11.3 Å². The van der Waals surface area contributed by atoms with Crippen LogP contribution in [0.25, 0.3) is 0 Å². The van der Waals surface area contributed by atoms with Crippen LogP contribution in [0.15, 0.2) is 34.5 Å². The predicted octanol–water partition coefficient (Wildman–Crippen LogP) is 3.55. The molecule has 7 nitrogen and oxygen atoms in total. The zero-order valence-electron chi connectivity index (χ0n) is 19.7. The smallest absolute Gasteiger partial charge is 0.252 e. The number of sulfonamides is 1. The summed E-state index contributed by atoms with van der Waals surface area (Å²) in [6, 6.07) is 9.54. The van der Waals surface area contributed by atoms with E-state index in [-0.39, 0.29) is 18.4 Å². The molecule has 9 heteroatoms. The van der Waals surface area contributed by atoms with Crippen molar-refractivity contribution in [2.24, 2.45) is 5.92 Å². The third-order valence-corrected chi connectivity index (χ3v) is 10.0. The maximum atomic E-state index is 13.0. The van der Waals surface area contributed by atoms with Crippen molar-refractivity contribution in [3.63, 3.8) is 0 Å². The van der Waals surface area contributed by atoms with Gasteiger partial charge in [-0.25, -0.2) is 8.42 Å². The van der Waals surface area contributed by atoms with Crippen LogP contribution in [0.2, 0.25) is 0 Å². The lowest BCUT2D eigenvalue weighted by atomic mass is 9.98. The van der Waals surface area contributed by atoms with Crippen molar-refractivity contribution >= 4 is 38.6 Å². The quantitative estimate of drug-likeness (QED) is 0.671. The molecule has 2 aliphatic heterocycles. The van der Waals surface area contributed by atoms with Crippen LogP contribution in [0, 0.1) is 19.8 Å². The first-order chi connectivity index (χ1) is 15.8. The minimum atomic E-state index is -3.55. The lowest BCUT2D eigenvalue weighted by molar-refractivity contribution is -0.120. The van der Waals surface area contributed by atoms with Crippen LogP contribution in [0.3, 0.4) is 0 Å². The Kier molecular flexibility index (Phi) is 7.43. The van der Waals surface area contributed by atoms with E-state index in [1.807, 2.05) is 25.1 Å². The van der Waals surface area contributed by atoms with E-state index in [4.69, 9.17) is 0 Å². The van der Waals surface area contributed by atoms with Gasteiger partial charge >= 0.3 is 0 Å². The highest BCUT2D eigenvalue weighted by molar-refractivity contribution is 7.91. The van der Waals surface area contributed by atoms with Crippen molar-refractivity contribution in [3.05, 3.63) is 40.8 Å². The van der Waals surface area contributed by atoms with E-state index in [1.54, 1.807) is 6.07 Å². The van der Waals surface area contributed by atoms with Crippen molar-refractivity contribution < 1.29 is 13.2 Å². The summed E-state index contributed by atoms with van der Waals surface area (Å²) in [4.78, 5) is 18.8. The first kappa shape index (κ1) is 24.2. The summed E-state index contributed by atoms with van der Waals surface area (Å²) in [5, 5.41) is 3.03. The molecule has 0 saturated carbocycles. The normalized spacial score (nSPS) is 20.7. The number of carbonyl (C=O) groups excluding carboxylic acids is 1. The topological polar surface area (TPSA) is 73.0 Å². The molecule has 180 valence electrons. The molecule has 1 unspecified atom stereocenters. The minimum Gasteiger partial charge on any atom is -0.369 e. The van der Waals surface area contributed by atoms with Crippen LogP contribution < -0.4 is 10.2 Å². The number of likely N-dealkylation sites (N-methyl/N-ethyl adjacent to an activating group) is 1. The van der Waals surface area contributed by atoms with Gasteiger partial charge in [0.05, 0.1) is 5.92 Å². The van der Waals surface area contributed by atoms with E-state index in [1.165, 1.54) is 21.3 Å². The average molecular weight is 491 g/mol. The van der Waals surface area contributed by atoms with E-state index in [0.29, 0.717) is 23.6 Å². The van der Waals surface area contributed by atoms with Crippen molar-refractivity contribution in [2.75, 3.05) is 56.0 Å². The summed E-state index contributed by atoms with van der Waals surface area (Å²) in [5.41, 5.74) is 3.12. The number of hydrogen-bond acceptors (Lipinski definition) is 6. The Hall–Kier alpha value is -1.94. The average Bonchev–Trinajstić information content (AvgIpc) is 3.26. The molecule has 33 heavy (non-hydrogen) atoms. The van der Waals surface area contributed by atoms with Crippen LogP contribution in [-0.4, -0.2) is 69.3 Å². The molecule has 4 rings (SSSR count). The Morgan fingerprint density at radius 3 is 2.48 bits per heavy atom. The predicted molar refractivity (Wildman–Crippen MR) is 135 cm³/mol. The molecule has 1 N–H and O–H groups in total. The number of rotatable bonds is 6. The number of carbonyl (C=O) groups is 1. The Bertz CT molecular complexity index is 1090. The van der Waals surface area contributed by atoms with Gasteiger partial charge in [-0.15, -0.1) is 11.3 Å². The number of piperazine rings is 1. The molecule has 1 aromatic heterocycles. The van der Waals surface area contributed by atoms with Gasteiger partial charge in [-0.05, 0) is 69.1 Å². The molecule has 0 bridgehead atoms. The standard InChI is InChI=1S/C24H34N4O3S2/c1-4-26-12-14-27(15-13-26)22-9-8-21(16-18(22)2)25-24(29)20-6-5-11-28(17-20)33(30,31)23-10-7-19(3)32-23/h7-10,16,20H,4-6,11-15,17H2,1-3H3,(H,25,29). The number of benzene rings is 1. The van der Waals surface area contributed by atoms with Crippen molar-refractivity contribution in [1.82, 2.24) is 9.21 Å². The highest BCUT2D eigenvalue weighted by Crippen LogP contribution is 2.29. The monoisotopic (exact) mass is 490 g/mol. The second-order valence-corrected chi connectivity index (χ2v) is 12.4. The second kappa shape index (κ2) is 10.1. The van der Waals surface area contributed by atoms with E-state index in [0.717, 1.165) is 48.9 Å². The Morgan fingerprint density at radius 1 is 1.09 bits per heavy atom. The molecule has 0 radical (unpaired) electrons. The highest BCUT2D eigenvalue weighted by atomic mass is 32.2. The Balaban J connectivity index is 1.39. The molecule has 2 fully saturated rings. The van der Waals surface area contributed by atoms with Gasteiger partial charge in [0.25, 0.3) is 10.0 Å². The summed E-state index contributed by atoms with van der Waals surface area (Å²) in [6.07, 6.45) is 1.38. The molecule has 0 aliphatic carbocycles. The first-order valence-electron chi connectivity index (χ1n) is 11.7. The molecular formula is C24H34N4O3S2. The molecule has 2 aromatic rings. The van der Waals surface area contributed by atoms with Gasteiger partial charge in [0, 0.05) is 55.5 Å². The summed E-state index contributed by atoms with van der Waals surface area (Å²) in [6.45, 7) is 12.1. The molecular weight excluding hydrogens is 456 g/mol.